The van der Waals surface area contributed by atoms with Crippen molar-refractivity contribution in [2.45, 2.75) is 19.1 Å². The summed E-state index contributed by atoms with van der Waals surface area (Å²) in [4.78, 5) is 21.4. The zero-order valence-electron chi connectivity index (χ0n) is 8.01. The highest BCUT2D eigenvalue weighted by molar-refractivity contribution is 5.83. The van der Waals surface area contributed by atoms with E-state index in [9.17, 15) is 9.59 Å². The number of carbonyl (C=O) groups is 2. The van der Waals surface area contributed by atoms with E-state index in [0.29, 0.717) is 4.59 Å². The van der Waals surface area contributed by atoms with E-state index in [2.05, 4.69) is 5.43 Å². The highest BCUT2D eigenvalue weighted by Crippen LogP contribution is 2.15. The molecule has 0 radical (unpaired) electrons. The van der Waals surface area contributed by atoms with Gasteiger partial charge in [-0.2, -0.15) is 5.43 Å². The molecule has 1 aliphatic rings. The Hall–Kier alpha value is -0.980. The molecule has 0 aromatic rings. The molecule has 14 heavy (non-hydrogen) atoms. The number of likely N-dealkylation sites (N-methyl/N-ethyl adjacent to an activating group) is 1. The van der Waals surface area contributed by atoms with Crippen molar-refractivity contribution >= 4 is 12.2 Å². The fourth-order valence-electron chi connectivity index (χ4n) is 1.16. The monoisotopic (exact) mass is 203 g/mol. The predicted molar refractivity (Wildman–Crippen MR) is 46.8 cm³/mol. The normalized spacial score (nSPS) is 22.2. The molecule has 0 saturated carbocycles. The van der Waals surface area contributed by atoms with Crippen LogP contribution in [-0.4, -0.2) is 58.8 Å². The number of aliphatic hydroxyl groups is 2. The van der Waals surface area contributed by atoms with Crippen molar-refractivity contribution in [3.63, 3.8) is 0 Å². The molecule has 0 spiro atoms. The largest absolute Gasteiger partial charge is 0.382 e. The zero-order chi connectivity index (χ0) is 10.8. The first-order valence-electron chi connectivity index (χ1n) is 4.54. The fraction of sp³-hybridized carbons (Fsp3) is 0.750. The second-order valence-corrected chi connectivity index (χ2v) is 3.46. The van der Waals surface area contributed by atoms with Crippen molar-refractivity contribution in [2.24, 2.45) is 0 Å². The van der Waals surface area contributed by atoms with Crippen LogP contribution in [0.2, 0.25) is 0 Å². The summed E-state index contributed by atoms with van der Waals surface area (Å²) in [5.74, 6) is -0.705. The number of nitrogens with one attached hydrogen (secondary N) is 1. The second kappa shape index (κ2) is 4.04. The Morgan fingerprint density at radius 3 is 2.50 bits per heavy atom. The Labute approximate surface area is 81.7 Å². The lowest BCUT2D eigenvalue weighted by Gasteiger charge is -2.19. The van der Waals surface area contributed by atoms with Gasteiger partial charge in [-0.1, -0.05) is 0 Å². The quantitative estimate of drug-likeness (QED) is 0.268. The van der Waals surface area contributed by atoms with E-state index in [1.165, 1.54) is 0 Å². The average molecular weight is 203 g/mol. The molecule has 1 amide bonds. The molecule has 6 nitrogen and oxygen atoms in total. The van der Waals surface area contributed by atoms with Crippen LogP contribution in [0.5, 0.6) is 0 Å². The lowest BCUT2D eigenvalue weighted by molar-refractivity contribution is -0.835. The molecule has 3 N–H and O–H groups in total. The molecule has 0 bridgehead atoms. The molecule has 1 saturated heterocycles. The van der Waals surface area contributed by atoms with Gasteiger partial charge < -0.3 is 15.0 Å². The number of hydrogen-bond acceptors (Lipinski definition) is 4. The van der Waals surface area contributed by atoms with Gasteiger partial charge in [0, 0.05) is 0 Å². The number of nitrogens with zero attached hydrogens (tertiary/aromatic N) is 1. The molecule has 80 valence electrons. The lowest BCUT2D eigenvalue weighted by Crippen LogP contribution is -2.52. The molecular weight excluding hydrogens is 188 g/mol. The molecule has 2 atom stereocenters. The summed E-state index contributed by atoms with van der Waals surface area (Å²) in [6, 6.07) is 0. The maximum absolute atomic E-state index is 11.3. The zero-order valence-corrected chi connectivity index (χ0v) is 8.01. The summed E-state index contributed by atoms with van der Waals surface area (Å²) in [7, 11) is 0. The second-order valence-electron chi connectivity index (χ2n) is 3.46. The number of carbonyl (C=O) groups excluding carboxylic acids is 2. The summed E-state index contributed by atoms with van der Waals surface area (Å²) >= 11 is 0. The van der Waals surface area contributed by atoms with Crippen LogP contribution in [0.15, 0.2) is 0 Å². The van der Waals surface area contributed by atoms with E-state index in [4.69, 9.17) is 10.2 Å². The summed E-state index contributed by atoms with van der Waals surface area (Å²) < 4.78 is 0.418. The van der Waals surface area contributed by atoms with Crippen molar-refractivity contribution in [3.05, 3.63) is 0 Å². The van der Waals surface area contributed by atoms with Crippen LogP contribution < -0.4 is 5.43 Å². The van der Waals surface area contributed by atoms with Gasteiger partial charge in [-0.3, -0.25) is 4.79 Å². The van der Waals surface area contributed by atoms with E-state index >= 15 is 0 Å². The van der Waals surface area contributed by atoms with E-state index in [1.807, 2.05) is 6.92 Å². The maximum Gasteiger partial charge on any atom is 0.296 e. The highest BCUT2D eigenvalue weighted by atomic mass is 16.3. The number of rotatable bonds is 5. The van der Waals surface area contributed by atoms with Gasteiger partial charge in [0.25, 0.3) is 5.91 Å². The van der Waals surface area contributed by atoms with Crippen LogP contribution >= 0.6 is 0 Å². The van der Waals surface area contributed by atoms with Gasteiger partial charge in [0.15, 0.2) is 25.5 Å². The molecule has 0 aromatic carbocycles. The minimum Gasteiger partial charge on any atom is -0.382 e. The van der Waals surface area contributed by atoms with Crippen LogP contribution in [0.4, 0.5) is 0 Å². The third-order valence-corrected chi connectivity index (χ3v) is 2.45. The minimum atomic E-state index is -1.67. The molecule has 1 aliphatic heterocycles. The van der Waals surface area contributed by atoms with E-state index in [1.54, 1.807) is 0 Å². The Balaban J connectivity index is 2.45. The van der Waals surface area contributed by atoms with Crippen molar-refractivity contribution in [2.75, 3.05) is 19.6 Å². The molecular formula is C8H15N2O4+. The fourth-order valence-corrected chi connectivity index (χ4v) is 1.16. The van der Waals surface area contributed by atoms with Crippen molar-refractivity contribution in [1.82, 2.24) is 5.43 Å². The van der Waals surface area contributed by atoms with E-state index < -0.39 is 18.1 Å². The van der Waals surface area contributed by atoms with Gasteiger partial charge in [-0.05, 0) is 6.92 Å². The number of aldehydes is 1. The average Bonchev–Trinajstić information content (AvgIpc) is 2.96. The number of aliphatic hydroxyl groups excluding tert-OH is 2. The van der Waals surface area contributed by atoms with Gasteiger partial charge >= 0.3 is 0 Å². The van der Waals surface area contributed by atoms with Crippen molar-refractivity contribution in [1.29, 1.82) is 0 Å². The molecule has 1 heterocycles. The smallest absolute Gasteiger partial charge is 0.296 e. The third-order valence-electron chi connectivity index (χ3n) is 2.45. The van der Waals surface area contributed by atoms with E-state index in [0.717, 1.165) is 19.6 Å². The van der Waals surface area contributed by atoms with Gasteiger partial charge in [-0.25, -0.2) is 4.59 Å². The summed E-state index contributed by atoms with van der Waals surface area (Å²) in [5, 5.41) is 18.1. The topological polar surface area (TPSA) is 86.6 Å². The van der Waals surface area contributed by atoms with Crippen LogP contribution in [0.3, 0.4) is 0 Å². The summed E-state index contributed by atoms with van der Waals surface area (Å²) in [5.41, 5.74) is 2.56. The van der Waals surface area contributed by atoms with Crippen LogP contribution in [0.25, 0.3) is 0 Å². The van der Waals surface area contributed by atoms with Gasteiger partial charge in [-0.15, -0.1) is 0 Å². The van der Waals surface area contributed by atoms with Crippen molar-refractivity contribution in [3.8, 4) is 0 Å². The standard InChI is InChI=1S/C8H14N2O4/c1-2-10(3-4-10)9-8(14)7(13)6(12)5-11/h5-7,12-13H,2-4H2,1H3/p+1/t6-,7+/m0/s1. The minimum absolute atomic E-state index is 0.142. The van der Waals surface area contributed by atoms with Gasteiger partial charge in [0.05, 0.1) is 6.54 Å². The van der Waals surface area contributed by atoms with Gasteiger partial charge in [0.1, 0.15) is 6.10 Å². The Bertz CT molecular complexity index is 239. The molecule has 0 aromatic heterocycles. The molecule has 0 unspecified atom stereocenters. The Kier molecular flexibility index (Phi) is 3.20. The van der Waals surface area contributed by atoms with E-state index in [-0.39, 0.29) is 6.29 Å². The molecule has 0 aliphatic carbocycles. The lowest BCUT2D eigenvalue weighted by atomic mass is 10.2. The first-order chi connectivity index (χ1) is 6.54. The van der Waals surface area contributed by atoms with Crippen LogP contribution in [-0.2, 0) is 9.59 Å². The number of quaternary nitrogens is 1. The Morgan fingerprint density at radius 1 is 1.57 bits per heavy atom. The number of amides is 1. The van der Waals surface area contributed by atoms with Crippen LogP contribution in [0, 0.1) is 0 Å². The predicted octanol–water partition coefficient (Wildman–Crippen LogP) is -2.21. The summed E-state index contributed by atoms with van der Waals surface area (Å²) in [6.07, 6.45) is -3.18. The van der Waals surface area contributed by atoms with Crippen LogP contribution in [0.1, 0.15) is 6.92 Å². The highest BCUT2D eigenvalue weighted by Gasteiger charge is 2.44. The maximum atomic E-state index is 11.3. The SMILES string of the molecule is CC[N+]1(NC(=O)[C@H](O)[C@@H](O)C=O)CC1. The molecule has 1 rings (SSSR count). The molecule has 1 fully saturated rings. The van der Waals surface area contributed by atoms with Crippen molar-refractivity contribution < 1.29 is 24.4 Å². The van der Waals surface area contributed by atoms with Gasteiger partial charge in [0.2, 0.25) is 0 Å². The first-order valence-corrected chi connectivity index (χ1v) is 4.54. The third kappa shape index (κ3) is 2.28. The number of hydrogen-bond donors (Lipinski definition) is 3. The first kappa shape index (κ1) is 11.1. The summed E-state index contributed by atoms with van der Waals surface area (Å²) in [6.45, 7) is 4.30. The molecule has 6 heteroatoms. The Morgan fingerprint density at radius 2 is 2.14 bits per heavy atom.